The lowest BCUT2D eigenvalue weighted by atomic mass is 9.92. The van der Waals surface area contributed by atoms with E-state index in [0.717, 1.165) is 22.0 Å². The van der Waals surface area contributed by atoms with Crippen LogP contribution in [0.2, 0.25) is 0 Å². The van der Waals surface area contributed by atoms with Crippen molar-refractivity contribution in [3.8, 4) is 5.75 Å². The average Bonchev–Trinajstić information content (AvgIpc) is 3.09. The Morgan fingerprint density at radius 1 is 1.16 bits per heavy atom. The summed E-state index contributed by atoms with van der Waals surface area (Å²) in [5.41, 5.74) is 1.15. The van der Waals surface area contributed by atoms with Gasteiger partial charge in [0, 0.05) is 4.47 Å². The fourth-order valence-electron chi connectivity index (χ4n) is 3.60. The SMILES string of the molecule is O=C1N[C@@]2(CCc3ccccc32)C(=O)N1CCOc1cccc(Br)c1. The number of rotatable bonds is 4. The molecule has 4 rings (SSSR count). The molecule has 1 spiro atoms. The smallest absolute Gasteiger partial charge is 0.325 e. The van der Waals surface area contributed by atoms with Gasteiger partial charge in [0.25, 0.3) is 5.91 Å². The maximum atomic E-state index is 13.0. The minimum Gasteiger partial charge on any atom is -0.492 e. The first-order chi connectivity index (χ1) is 12.1. The number of amides is 3. The van der Waals surface area contributed by atoms with E-state index in [0.29, 0.717) is 12.2 Å². The molecule has 2 aromatic rings. The van der Waals surface area contributed by atoms with E-state index >= 15 is 0 Å². The molecule has 5 nitrogen and oxygen atoms in total. The third-order valence-electron chi connectivity index (χ3n) is 4.80. The van der Waals surface area contributed by atoms with Crippen molar-refractivity contribution in [3.05, 3.63) is 64.1 Å². The number of imide groups is 1. The number of ether oxygens (including phenoxy) is 1. The van der Waals surface area contributed by atoms with E-state index in [1.54, 1.807) is 0 Å². The summed E-state index contributed by atoms with van der Waals surface area (Å²) in [6, 6.07) is 14.9. The third-order valence-corrected chi connectivity index (χ3v) is 5.30. The largest absolute Gasteiger partial charge is 0.492 e. The molecular formula is C19H17BrN2O3. The van der Waals surface area contributed by atoms with Crippen molar-refractivity contribution in [2.75, 3.05) is 13.2 Å². The average molecular weight is 401 g/mol. The lowest BCUT2D eigenvalue weighted by Crippen LogP contribution is -2.42. The maximum Gasteiger partial charge on any atom is 0.325 e. The van der Waals surface area contributed by atoms with Crippen LogP contribution in [0, 0.1) is 0 Å². The second-order valence-corrected chi connectivity index (χ2v) is 7.17. The van der Waals surface area contributed by atoms with Crippen LogP contribution in [0.15, 0.2) is 53.0 Å². The molecule has 1 atom stereocenters. The zero-order chi connectivity index (χ0) is 17.4. The molecule has 128 valence electrons. The minimum absolute atomic E-state index is 0.180. The molecule has 0 radical (unpaired) electrons. The molecule has 1 saturated heterocycles. The maximum absolute atomic E-state index is 13.0. The number of carbonyl (C=O) groups excluding carboxylic acids is 2. The molecule has 1 aliphatic carbocycles. The summed E-state index contributed by atoms with van der Waals surface area (Å²) in [6.07, 6.45) is 1.41. The van der Waals surface area contributed by atoms with E-state index in [-0.39, 0.29) is 25.1 Å². The molecular weight excluding hydrogens is 384 g/mol. The number of benzene rings is 2. The van der Waals surface area contributed by atoms with Crippen molar-refractivity contribution in [3.63, 3.8) is 0 Å². The van der Waals surface area contributed by atoms with Crippen LogP contribution in [0.1, 0.15) is 17.5 Å². The molecule has 6 heteroatoms. The zero-order valence-corrected chi connectivity index (χ0v) is 15.1. The molecule has 1 fully saturated rings. The topological polar surface area (TPSA) is 58.6 Å². The molecule has 2 aliphatic rings. The molecule has 25 heavy (non-hydrogen) atoms. The van der Waals surface area contributed by atoms with E-state index in [9.17, 15) is 9.59 Å². The predicted octanol–water partition coefficient (Wildman–Crippen LogP) is 3.22. The van der Waals surface area contributed by atoms with Gasteiger partial charge in [0.15, 0.2) is 0 Å². The Labute approximate surface area is 154 Å². The highest BCUT2D eigenvalue weighted by Gasteiger charge is 2.54. The first-order valence-corrected chi connectivity index (χ1v) is 9.00. The fourth-order valence-corrected chi connectivity index (χ4v) is 3.98. The first-order valence-electron chi connectivity index (χ1n) is 8.21. The lowest BCUT2D eigenvalue weighted by Gasteiger charge is -2.22. The van der Waals surface area contributed by atoms with Gasteiger partial charge in [0.05, 0.1) is 6.54 Å². The Hall–Kier alpha value is -2.34. The Bertz CT molecular complexity index is 854. The molecule has 0 unspecified atom stereocenters. The van der Waals surface area contributed by atoms with Crippen LogP contribution in [0.25, 0.3) is 0 Å². The van der Waals surface area contributed by atoms with E-state index in [4.69, 9.17) is 4.74 Å². The molecule has 1 aliphatic heterocycles. The van der Waals surface area contributed by atoms with E-state index in [2.05, 4.69) is 21.2 Å². The number of nitrogens with zero attached hydrogens (tertiary/aromatic N) is 1. The van der Waals surface area contributed by atoms with E-state index < -0.39 is 5.54 Å². The molecule has 2 aromatic carbocycles. The highest BCUT2D eigenvalue weighted by Crippen LogP contribution is 2.41. The molecule has 1 N–H and O–H groups in total. The summed E-state index contributed by atoms with van der Waals surface area (Å²) in [4.78, 5) is 26.6. The number of carbonyl (C=O) groups is 2. The number of hydrogen-bond acceptors (Lipinski definition) is 3. The van der Waals surface area contributed by atoms with Gasteiger partial charge in [-0.05, 0) is 42.2 Å². The van der Waals surface area contributed by atoms with Crippen molar-refractivity contribution in [1.82, 2.24) is 10.2 Å². The van der Waals surface area contributed by atoms with Crippen LogP contribution in [-0.4, -0.2) is 30.0 Å². The number of nitrogens with one attached hydrogen (secondary N) is 1. The van der Waals surface area contributed by atoms with Crippen molar-refractivity contribution >= 4 is 27.9 Å². The van der Waals surface area contributed by atoms with Crippen molar-refractivity contribution in [2.24, 2.45) is 0 Å². The quantitative estimate of drug-likeness (QED) is 0.801. The number of urea groups is 1. The van der Waals surface area contributed by atoms with Gasteiger partial charge < -0.3 is 10.1 Å². The monoisotopic (exact) mass is 400 g/mol. The van der Waals surface area contributed by atoms with Crippen LogP contribution in [0.3, 0.4) is 0 Å². The van der Waals surface area contributed by atoms with Gasteiger partial charge in [-0.2, -0.15) is 0 Å². The Morgan fingerprint density at radius 2 is 2.00 bits per heavy atom. The first kappa shape index (κ1) is 16.1. The minimum atomic E-state index is -0.899. The summed E-state index contributed by atoms with van der Waals surface area (Å²) in [5, 5.41) is 2.92. The normalized spacial score (nSPS) is 21.6. The summed E-state index contributed by atoms with van der Waals surface area (Å²) in [5.74, 6) is 0.516. The second kappa shape index (κ2) is 6.19. The molecule has 0 bridgehead atoms. The van der Waals surface area contributed by atoms with Crippen LogP contribution in [0.5, 0.6) is 5.75 Å². The molecule has 0 saturated carbocycles. The van der Waals surface area contributed by atoms with Crippen molar-refractivity contribution in [2.45, 2.75) is 18.4 Å². The second-order valence-electron chi connectivity index (χ2n) is 6.26. The number of fused-ring (bicyclic) bond motifs is 2. The molecule has 1 heterocycles. The summed E-state index contributed by atoms with van der Waals surface area (Å²) in [6.45, 7) is 0.481. The third kappa shape index (κ3) is 2.70. The Morgan fingerprint density at radius 3 is 2.84 bits per heavy atom. The van der Waals surface area contributed by atoms with Gasteiger partial charge in [-0.25, -0.2) is 4.79 Å². The van der Waals surface area contributed by atoms with Crippen LogP contribution < -0.4 is 10.1 Å². The predicted molar refractivity (Wildman–Crippen MR) is 96.3 cm³/mol. The summed E-state index contributed by atoms with van der Waals surface area (Å²) < 4.78 is 6.58. The van der Waals surface area contributed by atoms with Gasteiger partial charge in [-0.15, -0.1) is 0 Å². The van der Waals surface area contributed by atoms with Crippen molar-refractivity contribution < 1.29 is 14.3 Å². The van der Waals surface area contributed by atoms with Crippen molar-refractivity contribution in [1.29, 1.82) is 0 Å². The zero-order valence-electron chi connectivity index (χ0n) is 13.5. The molecule has 0 aromatic heterocycles. The van der Waals surface area contributed by atoms with Crippen LogP contribution in [-0.2, 0) is 16.8 Å². The highest BCUT2D eigenvalue weighted by atomic mass is 79.9. The lowest BCUT2D eigenvalue weighted by molar-refractivity contribution is -0.131. The van der Waals surface area contributed by atoms with Gasteiger partial charge >= 0.3 is 6.03 Å². The summed E-state index contributed by atoms with van der Waals surface area (Å²) in [7, 11) is 0. The standard InChI is InChI=1S/C19H17BrN2O3/c20-14-5-3-6-15(12-14)25-11-10-22-17(23)19(21-18(22)24)9-8-13-4-1-2-7-16(13)19/h1-7,12H,8-11H2,(H,21,24)/t19-/m1/s1. The van der Waals surface area contributed by atoms with E-state index in [1.807, 2.05) is 48.5 Å². The summed E-state index contributed by atoms with van der Waals surface area (Å²) >= 11 is 3.39. The fraction of sp³-hybridized carbons (Fsp3) is 0.263. The number of halogens is 1. The van der Waals surface area contributed by atoms with Gasteiger partial charge in [-0.1, -0.05) is 46.3 Å². The van der Waals surface area contributed by atoms with Crippen LogP contribution >= 0.6 is 15.9 Å². The van der Waals surface area contributed by atoms with Gasteiger partial charge in [-0.3, -0.25) is 9.69 Å². The Kier molecular flexibility index (Phi) is 4.00. The van der Waals surface area contributed by atoms with Crippen LogP contribution in [0.4, 0.5) is 4.79 Å². The van der Waals surface area contributed by atoms with Gasteiger partial charge in [0.2, 0.25) is 0 Å². The number of hydrogen-bond donors (Lipinski definition) is 1. The van der Waals surface area contributed by atoms with Gasteiger partial charge in [0.1, 0.15) is 17.9 Å². The molecule has 3 amide bonds. The highest BCUT2D eigenvalue weighted by molar-refractivity contribution is 9.10. The number of aryl methyl sites for hydroxylation is 1. The van der Waals surface area contributed by atoms with E-state index in [1.165, 1.54) is 4.90 Å². The Balaban J connectivity index is 1.47.